The number of carboxylic acid groups (broad SMARTS) is 1. The first kappa shape index (κ1) is 21.1. The highest BCUT2D eigenvalue weighted by molar-refractivity contribution is 6.39. The number of aliphatic carboxylic acids is 1. The van der Waals surface area contributed by atoms with E-state index >= 15 is 0 Å². The summed E-state index contributed by atoms with van der Waals surface area (Å²) >= 11 is 6.06. The molecule has 2 aromatic carbocycles. The van der Waals surface area contributed by atoms with E-state index in [1.165, 1.54) is 24.3 Å². The van der Waals surface area contributed by atoms with E-state index in [4.69, 9.17) is 16.3 Å². The van der Waals surface area contributed by atoms with Crippen LogP contribution in [0.15, 0.2) is 48.0 Å². The Labute approximate surface area is 176 Å². The number of carboxylic acids is 1. The van der Waals surface area contributed by atoms with E-state index in [0.717, 1.165) is 16.9 Å². The van der Waals surface area contributed by atoms with Gasteiger partial charge in [0.2, 0.25) is 0 Å². The minimum atomic E-state index is -1.40. The van der Waals surface area contributed by atoms with Crippen molar-refractivity contribution in [3.05, 3.63) is 64.2 Å². The van der Waals surface area contributed by atoms with Crippen molar-refractivity contribution in [1.82, 2.24) is 5.32 Å². The highest BCUT2D eigenvalue weighted by Crippen LogP contribution is 2.28. The smallest absolute Gasteiger partial charge is 0.335 e. The van der Waals surface area contributed by atoms with E-state index in [1.807, 2.05) is 6.92 Å². The number of aryl methyl sites for hydroxylation is 1. The molecule has 8 nitrogen and oxygen atoms in total. The largest absolute Gasteiger partial charge is 0.546 e. The standard InChI is InChI=1S/C21H17ClN2O6/c1-2-12-3-6-14(7-4-12)24-20(28)15(19(27)23-21(24)29)9-13-5-8-17(16(22)10-13)30-11-18(25)26/h3-10H,2,11H2,1H3,(H,25,26)(H,23,27,29)/p-1/b15-9+. The first-order valence-corrected chi connectivity index (χ1v) is 9.30. The van der Waals surface area contributed by atoms with Gasteiger partial charge in [0.15, 0.2) is 0 Å². The highest BCUT2D eigenvalue weighted by atomic mass is 35.5. The topological polar surface area (TPSA) is 116 Å². The van der Waals surface area contributed by atoms with E-state index in [0.29, 0.717) is 11.3 Å². The van der Waals surface area contributed by atoms with Crippen molar-refractivity contribution < 1.29 is 29.0 Å². The number of nitrogens with one attached hydrogen (secondary N) is 1. The number of benzene rings is 2. The number of nitrogens with zero attached hydrogens (tertiary/aromatic N) is 1. The van der Waals surface area contributed by atoms with Crippen LogP contribution >= 0.6 is 11.6 Å². The Balaban J connectivity index is 1.90. The maximum atomic E-state index is 12.9. The van der Waals surface area contributed by atoms with E-state index in [2.05, 4.69) is 5.32 Å². The Morgan fingerprint density at radius 1 is 1.17 bits per heavy atom. The highest BCUT2D eigenvalue weighted by Gasteiger charge is 2.36. The maximum absolute atomic E-state index is 12.9. The van der Waals surface area contributed by atoms with E-state index in [1.54, 1.807) is 24.3 Å². The summed E-state index contributed by atoms with van der Waals surface area (Å²) in [7, 11) is 0. The van der Waals surface area contributed by atoms with Gasteiger partial charge in [-0.15, -0.1) is 0 Å². The molecule has 0 bridgehead atoms. The Morgan fingerprint density at radius 2 is 1.87 bits per heavy atom. The zero-order valence-electron chi connectivity index (χ0n) is 15.8. The fourth-order valence-electron chi connectivity index (χ4n) is 2.80. The number of urea groups is 1. The van der Waals surface area contributed by atoms with Crippen LogP contribution < -0.4 is 20.1 Å². The second kappa shape index (κ2) is 8.79. The summed E-state index contributed by atoms with van der Waals surface area (Å²) in [6.45, 7) is 1.31. The van der Waals surface area contributed by atoms with Crippen LogP contribution in [0.4, 0.5) is 10.5 Å². The van der Waals surface area contributed by atoms with Gasteiger partial charge in [0.05, 0.1) is 16.7 Å². The average molecular weight is 428 g/mol. The quantitative estimate of drug-likeness (QED) is 0.554. The van der Waals surface area contributed by atoms with Crippen LogP contribution in [0.5, 0.6) is 5.75 Å². The van der Waals surface area contributed by atoms with Crippen LogP contribution in [0.25, 0.3) is 6.08 Å². The second-order valence-corrected chi connectivity index (χ2v) is 6.74. The van der Waals surface area contributed by atoms with Crippen molar-refractivity contribution in [1.29, 1.82) is 0 Å². The zero-order valence-corrected chi connectivity index (χ0v) is 16.6. The molecule has 1 saturated heterocycles. The number of imide groups is 2. The molecular weight excluding hydrogens is 412 g/mol. The lowest BCUT2D eigenvalue weighted by Crippen LogP contribution is -2.54. The van der Waals surface area contributed by atoms with Crippen molar-refractivity contribution in [2.24, 2.45) is 0 Å². The van der Waals surface area contributed by atoms with Gasteiger partial charge in [-0.3, -0.25) is 14.9 Å². The zero-order chi connectivity index (χ0) is 21.8. The molecule has 1 aliphatic heterocycles. The molecular formula is C21H16ClN2O6-. The number of hydrogen-bond donors (Lipinski definition) is 1. The minimum absolute atomic E-state index is 0.0809. The van der Waals surface area contributed by atoms with E-state index < -0.39 is 30.4 Å². The van der Waals surface area contributed by atoms with E-state index in [9.17, 15) is 24.3 Å². The summed E-state index contributed by atoms with van der Waals surface area (Å²) in [6, 6.07) is 10.3. The summed E-state index contributed by atoms with van der Waals surface area (Å²) in [4.78, 5) is 48.8. The Morgan fingerprint density at radius 3 is 2.47 bits per heavy atom. The lowest BCUT2D eigenvalue weighted by molar-refractivity contribution is -0.307. The number of rotatable bonds is 6. The SMILES string of the molecule is CCc1ccc(N2C(=O)NC(=O)/C(=C\c3ccc(OCC(=O)[O-])c(Cl)c3)C2=O)cc1. The Bertz CT molecular complexity index is 1060. The fraction of sp³-hybridized carbons (Fsp3) is 0.143. The van der Waals surface area contributed by atoms with Crippen molar-refractivity contribution >= 4 is 47.2 Å². The van der Waals surface area contributed by atoms with Crippen LogP contribution in [0.3, 0.4) is 0 Å². The van der Waals surface area contributed by atoms with Gasteiger partial charge in [-0.25, -0.2) is 9.69 Å². The van der Waals surface area contributed by atoms with Crippen LogP contribution in [0, 0.1) is 0 Å². The van der Waals surface area contributed by atoms with Gasteiger partial charge in [-0.2, -0.15) is 0 Å². The van der Waals surface area contributed by atoms with Gasteiger partial charge in [0.25, 0.3) is 11.8 Å². The van der Waals surface area contributed by atoms with Crippen LogP contribution in [-0.2, 0) is 20.8 Å². The third kappa shape index (κ3) is 4.49. The molecule has 30 heavy (non-hydrogen) atoms. The molecule has 1 fully saturated rings. The minimum Gasteiger partial charge on any atom is -0.546 e. The number of barbiturate groups is 1. The Kier molecular flexibility index (Phi) is 6.17. The monoisotopic (exact) mass is 427 g/mol. The fourth-order valence-corrected chi connectivity index (χ4v) is 3.04. The number of halogens is 1. The van der Waals surface area contributed by atoms with Gasteiger partial charge < -0.3 is 14.6 Å². The third-order valence-corrected chi connectivity index (χ3v) is 4.61. The number of hydrogen-bond acceptors (Lipinski definition) is 6. The van der Waals surface area contributed by atoms with Gasteiger partial charge in [0, 0.05) is 0 Å². The lowest BCUT2D eigenvalue weighted by atomic mass is 10.1. The summed E-state index contributed by atoms with van der Waals surface area (Å²) < 4.78 is 4.98. The van der Waals surface area contributed by atoms with Crippen molar-refractivity contribution in [3.63, 3.8) is 0 Å². The molecule has 3 rings (SSSR count). The molecule has 0 radical (unpaired) electrons. The molecule has 4 amide bonds. The van der Waals surface area contributed by atoms with Gasteiger partial charge in [-0.05, 0) is 47.9 Å². The number of carbonyl (C=O) groups excluding carboxylic acids is 4. The predicted molar refractivity (Wildman–Crippen MR) is 107 cm³/mol. The number of anilines is 1. The molecule has 0 spiro atoms. The first-order chi connectivity index (χ1) is 14.3. The lowest BCUT2D eigenvalue weighted by Gasteiger charge is -2.26. The van der Waals surface area contributed by atoms with Gasteiger partial charge in [-0.1, -0.05) is 36.7 Å². The summed E-state index contributed by atoms with van der Waals surface area (Å²) in [5, 5.41) is 12.7. The van der Waals surface area contributed by atoms with Crippen LogP contribution in [0.2, 0.25) is 5.02 Å². The van der Waals surface area contributed by atoms with E-state index in [-0.39, 0.29) is 16.3 Å². The molecule has 9 heteroatoms. The molecule has 0 atom stereocenters. The molecule has 0 aliphatic carbocycles. The first-order valence-electron chi connectivity index (χ1n) is 8.92. The molecule has 154 valence electrons. The molecule has 1 N–H and O–H groups in total. The second-order valence-electron chi connectivity index (χ2n) is 6.33. The van der Waals surface area contributed by atoms with Crippen molar-refractivity contribution in [3.8, 4) is 5.75 Å². The van der Waals surface area contributed by atoms with Gasteiger partial charge >= 0.3 is 6.03 Å². The molecule has 0 aromatic heterocycles. The normalized spacial score (nSPS) is 15.3. The molecule has 1 aliphatic rings. The third-order valence-electron chi connectivity index (χ3n) is 4.32. The average Bonchev–Trinajstić information content (AvgIpc) is 2.70. The van der Waals surface area contributed by atoms with Crippen molar-refractivity contribution in [2.45, 2.75) is 13.3 Å². The molecule has 2 aromatic rings. The number of amides is 4. The predicted octanol–water partition coefficient (Wildman–Crippen LogP) is 1.70. The summed E-state index contributed by atoms with van der Waals surface area (Å²) in [5.74, 6) is -2.91. The number of ether oxygens (including phenoxy) is 1. The van der Waals surface area contributed by atoms with Crippen LogP contribution in [-0.4, -0.2) is 30.4 Å². The molecule has 1 heterocycles. The molecule has 0 saturated carbocycles. The Hall–Kier alpha value is -3.65. The van der Waals surface area contributed by atoms with Crippen molar-refractivity contribution in [2.75, 3.05) is 11.5 Å². The summed E-state index contributed by atoms with van der Waals surface area (Å²) in [5.41, 5.74) is 1.49. The molecule has 0 unspecified atom stereocenters. The van der Waals surface area contributed by atoms with Gasteiger partial charge in [0.1, 0.15) is 17.9 Å². The maximum Gasteiger partial charge on any atom is 0.335 e. The number of carbonyl (C=O) groups is 4. The van der Waals surface area contributed by atoms with Crippen LogP contribution in [0.1, 0.15) is 18.1 Å². The summed E-state index contributed by atoms with van der Waals surface area (Å²) in [6.07, 6.45) is 2.08.